The summed E-state index contributed by atoms with van der Waals surface area (Å²) in [6.45, 7) is 6.17. The Morgan fingerprint density at radius 3 is 2.62 bits per heavy atom. The minimum Gasteiger partial charge on any atom is -0.465 e. The lowest BCUT2D eigenvalue weighted by molar-refractivity contribution is -0.119. The third-order valence-electron chi connectivity index (χ3n) is 3.24. The SMILES string of the molecule is COC(=O)c1cccc(CSCC(=O)NC(C)C(C)C)c1. The minimum atomic E-state index is -0.342. The summed E-state index contributed by atoms with van der Waals surface area (Å²) in [7, 11) is 1.37. The third-order valence-corrected chi connectivity index (χ3v) is 4.24. The Hall–Kier alpha value is -1.49. The molecule has 0 spiro atoms. The monoisotopic (exact) mass is 309 g/mol. The number of carbonyl (C=O) groups is 2. The van der Waals surface area contributed by atoms with Crippen LogP contribution in [0.3, 0.4) is 0 Å². The first-order chi connectivity index (χ1) is 9.93. The molecule has 0 aliphatic heterocycles. The quantitative estimate of drug-likeness (QED) is 0.787. The Kier molecular flexibility index (Phi) is 7.29. The van der Waals surface area contributed by atoms with E-state index in [4.69, 9.17) is 4.74 Å². The zero-order valence-electron chi connectivity index (χ0n) is 13.0. The number of benzene rings is 1. The fourth-order valence-electron chi connectivity index (χ4n) is 1.63. The van der Waals surface area contributed by atoms with Crippen molar-refractivity contribution < 1.29 is 14.3 Å². The van der Waals surface area contributed by atoms with Gasteiger partial charge in [0.15, 0.2) is 0 Å². The largest absolute Gasteiger partial charge is 0.465 e. The number of hydrogen-bond acceptors (Lipinski definition) is 4. The number of carbonyl (C=O) groups excluding carboxylic acids is 2. The Morgan fingerprint density at radius 2 is 2.00 bits per heavy atom. The normalized spacial score (nSPS) is 12.0. The minimum absolute atomic E-state index is 0.0466. The van der Waals surface area contributed by atoms with Crippen LogP contribution in [0.1, 0.15) is 36.7 Å². The van der Waals surface area contributed by atoms with E-state index in [0.29, 0.717) is 23.0 Å². The number of rotatable bonds is 7. The first-order valence-electron chi connectivity index (χ1n) is 6.98. The van der Waals surface area contributed by atoms with Gasteiger partial charge in [-0.15, -0.1) is 11.8 Å². The number of thioether (sulfide) groups is 1. The van der Waals surface area contributed by atoms with Gasteiger partial charge in [-0.25, -0.2) is 4.79 Å². The Morgan fingerprint density at radius 1 is 1.29 bits per heavy atom. The van der Waals surface area contributed by atoms with Gasteiger partial charge in [0.2, 0.25) is 5.91 Å². The topological polar surface area (TPSA) is 55.4 Å². The highest BCUT2D eigenvalue weighted by Crippen LogP contribution is 2.14. The van der Waals surface area contributed by atoms with Gasteiger partial charge in [-0.2, -0.15) is 0 Å². The molecule has 0 radical (unpaired) electrons. The highest BCUT2D eigenvalue weighted by Gasteiger charge is 2.11. The van der Waals surface area contributed by atoms with Crippen LogP contribution in [0.2, 0.25) is 0 Å². The van der Waals surface area contributed by atoms with Crippen molar-refractivity contribution in [3.63, 3.8) is 0 Å². The van der Waals surface area contributed by atoms with Gasteiger partial charge >= 0.3 is 5.97 Å². The van der Waals surface area contributed by atoms with Gasteiger partial charge in [0.05, 0.1) is 18.4 Å². The molecule has 0 aliphatic carbocycles. The predicted octanol–water partition coefficient (Wildman–Crippen LogP) is 2.87. The molecule has 1 N–H and O–H groups in total. The van der Waals surface area contributed by atoms with Crippen LogP contribution < -0.4 is 5.32 Å². The van der Waals surface area contributed by atoms with E-state index in [1.807, 2.05) is 19.1 Å². The number of nitrogens with one attached hydrogen (secondary N) is 1. The molecule has 0 saturated carbocycles. The summed E-state index contributed by atoms with van der Waals surface area (Å²) < 4.78 is 4.69. The van der Waals surface area contributed by atoms with E-state index in [0.717, 1.165) is 5.56 Å². The molecule has 0 bridgehead atoms. The van der Waals surface area contributed by atoms with E-state index < -0.39 is 0 Å². The van der Waals surface area contributed by atoms with Crippen molar-refractivity contribution in [2.75, 3.05) is 12.9 Å². The van der Waals surface area contributed by atoms with Gasteiger partial charge in [0.1, 0.15) is 0 Å². The molecule has 0 fully saturated rings. The zero-order valence-corrected chi connectivity index (χ0v) is 13.8. The van der Waals surface area contributed by atoms with E-state index >= 15 is 0 Å². The molecule has 0 aliphatic rings. The lowest BCUT2D eigenvalue weighted by atomic mass is 10.1. The molecule has 0 heterocycles. The molecule has 1 unspecified atom stereocenters. The molecule has 116 valence electrons. The van der Waals surface area contributed by atoms with Gasteiger partial charge in [-0.1, -0.05) is 26.0 Å². The first-order valence-corrected chi connectivity index (χ1v) is 8.14. The molecule has 1 aromatic carbocycles. The van der Waals surface area contributed by atoms with E-state index in [1.54, 1.807) is 12.1 Å². The van der Waals surface area contributed by atoms with Crippen LogP contribution in [0.15, 0.2) is 24.3 Å². The third kappa shape index (κ3) is 6.21. The second-order valence-electron chi connectivity index (χ2n) is 5.28. The van der Waals surface area contributed by atoms with Crippen LogP contribution in [-0.4, -0.2) is 30.8 Å². The zero-order chi connectivity index (χ0) is 15.8. The lowest BCUT2D eigenvalue weighted by Gasteiger charge is -2.17. The number of ether oxygens (including phenoxy) is 1. The van der Waals surface area contributed by atoms with Crippen molar-refractivity contribution in [2.24, 2.45) is 5.92 Å². The van der Waals surface area contributed by atoms with Gasteiger partial charge in [-0.3, -0.25) is 4.79 Å². The van der Waals surface area contributed by atoms with E-state index in [2.05, 4.69) is 19.2 Å². The average Bonchev–Trinajstić information content (AvgIpc) is 2.46. The van der Waals surface area contributed by atoms with Crippen molar-refractivity contribution in [3.8, 4) is 0 Å². The Balaban J connectivity index is 2.42. The smallest absolute Gasteiger partial charge is 0.337 e. The number of hydrogen-bond donors (Lipinski definition) is 1. The molecule has 4 nitrogen and oxygen atoms in total. The number of amides is 1. The summed E-state index contributed by atoms with van der Waals surface area (Å²) in [4.78, 5) is 23.2. The predicted molar refractivity (Wildman–Crippen MR) is 86.4 cm³/mol. The average molecular weight is 309 g/mol. The summed E-state index contributed by atoms with van der Waals surface area (Å²) in [6, 6.07) is 7.46. The second kappa shape index (κ2) is 8.72. The van der Waals surface area contributed by atoms with Crippen LogP contribution in [0.4, 0.5) is 0 Å². The maximum absolute atomic E-state index is 11.8. The highest BCUT2D eigenvalue weighted by atomic mass is 32.2. The lowest BCUT2D eigenvalue weighted by Crippen LogP contribution is -2.37. The highest BCUT2D eigenvalue weighted by molar-refractivity contribution is 7.99. The Labute approximate surface area is 130 Å². The number of methoxy groups -OCH3 is 1. The van der Waals surface area contributed by atoms with E-state index in [1.165, 1.54) is 18.9 Å². The van der Waals surface area contributed by atoms with Gasteiger partial charge in [-0.05, 0) is 30.5 Å². The standard InChI is InChI=1S/C16H23NO3S/c1-11(2)12(3)17-15(18)10-21-9-13-6-5-7-14(8-13)16(19)20-4/h5-8,11-12H,9-10H2,1-4H3,(H,17,18). The molecule has 0 saturated heterocycles. The van der Waals surface area contributed by atoms with Crippen molar-refractivity contribution in [2.45, 2.75) is 32.6 Å². The van der Waals surface area contributed by atoms with Crippen molar-refractivity contribution in [3.05, 3.63) is 35.4 Å². The summed E-state index contributed by atoms with van der Waals surface area (Å²) in [5, 5.41) is 2.97. The molecule has 1 rings (SSSR count). The van der Waals surface area contributed by atoms with Crippen molar-refractivity contribution >= 4 is 23.6 Å². The molecule has 1 amide bonds. The molecule has 0 aromatic heterocycles. The fourth-order valence-corrected chi connectivity index (χ4v) is 2.42. The molecule has 1 aromatic rings. The Bertz CT molecular complexity index is 488. The van der Waals surface area contributed by atoms with Crippen LogP contribution in [0, 0.1) is 5.92 Å². The molecule has 1 atom stereocenters. The molecular formula is C16H23NO3S. The van der Waals surface area contributed by atoms with Crippen molar-refractivity contribution in [1.29, 1.82) is 0 Å². The van der Waals surface area contributed by atoms with Crippen LogP contribution in [0.5, 0.6) is 0 Å². The van der Waals surface area contributed by atoms with E-state index in [9.17, 15) is 9.59 Å². The molecule has 21 heavy (non-hydrogen) atoms. The number of esters is 1. The summed E-state index contributed by atoms with van der Waals surface area (Å²) in [5.74, 6) is 1.24. The van der Waals surface area contributed by atoms with Gasteiger partial charge in [0.25, 0.3) is 0 Å². The summed E-state index contributed by atoms with van der Waals surface area (Å²) in [6.07, 6.45) is 0. The molecular weight excluding hydrogens is 286 g/mol. The van der Waals surface area contributed by atoms with Crippen molar-refractivity contribution in [1.82, 2.24) is 5.32 Å². The first kappa shape index (κ1) is 17.6. The summed E-state index contributed by atoms with van der Waals surface area (Å²) in [5.41, 5.74) is 1.54. The maximum Gasteiger partial charge on any atom is 0.337 e. The van der Waals surface area contributed by atoms with Crippen LogP contribution >= 0.6 is 11.8 Å². The second-order valence-corrected chi connectivity index (χ2v) is 6.27. The fraction of sp³-hybridized carbons (Fsp3) is 0.500. The van der Waals surface area contributed by atoms with Gasteiger partial charge in [0, 0.05) is 11.8 Å². The maximum atomic E-state index is 11.8. The van der Waals surface area contributed by atoms with Crippen LogP contribution in [0.25, 0.3) is 0 Å². The van der Waals surface area contributed by atoms with Crippen LogP contribution in [-0.2, 0) is 15.3 Å². The van der Waals surface area contributed by atoms with E-state index in [-0.39, 0.29) is 17.9 Å². The van der Waals surface area contributed by atoms with Gasteiger partial charge < -0.3 is 10.1 Å². The summed E-state index contributed by atoms with van der Waals surface area (Å²) >= 11 is 1.53. The molecule has 5 heteroatoms.